The number of carbonyl (C=O) groups excluding carboxylic acids is 2. The number of carbonyl (C=O) groups is 2. The zero-order chi connectivity index (χ0) is 43.9. The monoisotopic (exact) mass is 868 g/mol. The van der Waals surface area contributed by atoms with E-state index in [0.717, 1.165) is 70.6 Å². The summed E-state index contributed by atoms with van der Waals surface area (Å²) >= 11 is 0. The first-order chi connectivity index (χ1) is 29.3. The Hall–Kier alpha value is -1.77. The van der Waals surface area contributed by atoms with E-state index in [-0.39, 0.29) is 38.6 Å². The molecule has 352 valence electrons. The Balaban J connectivity index is 4.07. The number of rotatable bonds is 47. The number of phosphoric ester groups is 1. The van der Waals surface area contributed by atoms with E-state index in [1.807, 2.05) is 0 Å². The van der Waals surface area contributed by atoms with Gasteiger partial charge in [0.1, 0.15) is 6.61 Å². The van der Waals surface area contributed by atoms with E-state index in [9.17, 15) is 19.0 Å². The summed E-state index contributed by atoms with van der Waals surface area (Å²) < 4.78 is 32.9. The maximum atomic E-state index is 12.6. The first-order valence-corrected chi connectivity index (χ1v) is 26.5. The molecule has 60 heavy (non-hydrogen) atoms. The minimum atomic E-state index is -4.38. The molecule has 0 radical (unpaired) electrons. The van der Waals surface area contributed by atoms with Crippen molar-refractivity contribution in [2.75, 3.05) is 26.4 Å². The van der Waals surface area contributed by atoms with Crippen LogP contribution >= 0.6 is 7.82 Å². The summed E-state index contributed by atoms with van der Waals surface area (Å²) in [5.74, 6) is -0.833. The van der Waals surface area contributed by atoms with Crippen LogP contribution in [0.25, 0.3) is 0 Å². The summed E-state index contributed by atoms with van der Waals surface area (Å²) in [6.07, 6.45) is 53.2. The van der Waals surface area contributed by atoms with E-state index in [0.29, 0.717) is 6.42 Å². The molecule has 2 unspecified atom stereocenters. The molecule has 0 saturated carbocycles. The van der Waals surface area contributed by atoms with Crippen LogP contribution in [0.5, 0.6) is 0 Å². The molecule has 9 nitrogen and oxygen atoms in total. The van der Waals surface area contributed by atoms with E-state index >= 15 is 0 Å². The quantitative estimate of drug-likeness (QED) is 0.0265. The van der Waals surface area contributed by atoms with Gasteiger partial charge in [0, 0.05) is 19.4 Å². The largest absolute Gasteiger partial charge is 0.472 e. The van der Waals surface area contributed by atoms with Crippen LogP contribution in [0.4, 0.5) is 0 Å². The molecule has 0 aliphatic heterocycles. The molecular weight excluding hydrogens is 774 g/mol. The summed E-state index contributed by atoms with van der Waals surface area (Å²) in [7, 11) is -4.38. The van der Waals surface area contributed by atoms with Crippen molar-refractivity contribution < 1.29 is 37.6 Å². The maximum Gasteiger partial charge on any atom is 0.472 e. The second kappa shape index (κ2) is 46.7. The lowest BCUT2D eigenvalue weighted by molar-refractivity contribution is -0.161. The lowest BCUT2D eigenvalue weighted by Crippen LogP contribution is -2.29. The molecule has 0 spiro atoms. The highest BCUT2D eigenvalue weighted by molar-refractivity contribution is 7.47. The van der Waals surface area contributed by atoms with Gasteiger partial charge in [-0.15, -0.1) is 0 Å². The van der Waals surface area contributed by atoms with Gasteiger partial charge in [0.25, 0.3) is 0 Å². The second-order valence-electron chi connectivity index (χ2n) is 16.7. The molecule has 0 heterocycles. The highest BCUT2D eigenvalue weighted by atomic mass is 31.2. The fourth-order valence-corrected chi connectivity index (χ4v) is 7.82. The molecule has 10 heteroatoms. The molecule has 0 rings (SSSR count). The lowest BCUT2D eigenvalue weighted by Gasteiger charge is -2.19. The number of unbranched alkanes of at least 4 members (excludes halogenated alkanes) is 28. The van der Waals surface area contributed by atoms with Gasteiger partial charge in [-0.25, -0.2) is 4.57 Å². The van der Waals surface area contributed by atoms with Gasteiger partial charge in [-0.3, -0.25) is 18.6 Å². The van der Waals surface area contributed by atoms with Crippen LogP contribution in [-0.2, 0) is 32.7 Å². The van der Waals surface area contributed by atoms with E-state index in [4.69, 9.17) is 24.3 Å². The zero-order valence-corrected chi connectivity index (χ0v) is 39.8. The number of phosphoric acid groups is 1. The molecule has 0 aliphatic rings. The van der Waals surface area contributed by atoms with Crippen molar-refractivity contribution in [2.24, 2.45) is 5.73 Å². The van der Waals surface area contributed by atoms with Gasteiger partial charge in [-0.1, -0.05) is 211 Å². The van der Waals surface area contributed by atoms with Crippen molar-refractivity contribution in [2.45, 2.75) is 245 Å². The van der Waals surface area contributed by atoms with E-state index in [1.54, 1.807) is 0 Å². The average Bonchev–Trinajstić information content (AvgIpc) is 3.24. The minimum absolute atomic E-state index is 0.0517. The molecule has 2 atom stereocenters. The van der Waals surface area contributed by atoms with Gasteiger partial charge in [-0.2, -0.15) is 0 Å². The standard InChI is InChI=1S/C50H94NO8P/c1-3-5-7-9-11-13-15-17-19-21-23-25-26-28-30-32-34-36-38-40-42-49(52)56-46-48(47-58-60(54,55)57-45-44-51)59-50(53)43-41-39-37-35-33-31-29-27-24-22-20-18-16-14-12-10-8-6-4-2/h12,14,18,20,24,27,48H,3-11,13,15-17,19,21-23,25-26,28-47,51H2,1-2H3,(H,54,55)/b14-12-,20-18-,27-24-. The van der Waals surface area contributed by atoms with Crippen LogP contribution in [0.2, 0.25) is 0 Å². The summed E-state index contributed by atoms with van der Waals surface area (Å²) in [6.45, 7) is 3.73. The molecular formula is C50H94NO8P. The number of ether oxygens (including phenoxy) is 2. The second-order valence-corrected chi connectivity index (χ2v) is 18.1. The Morgan fingerprint density at radius 1 is 0.500 bits per heavy atom. The first-order valence-electron chi connectivity index (χ1n) is 25.0. The Morgan fingerprint density at radius 2 is 0.867 bits per heavy atom. The minimum Gasteiger partial charge on any atom is -0.462 e. The number of nitrogens with two attached hydrogens (primary N) is 1. The normalized spacial score (nSPS) is 13.5. The number of allylic oxidation sites excluding steroid dienone is 6. The molecule has 0 aromatic rings. The van der Waals surface area contributed by atoms with Crippen molar-refractivity contribution in [3.63, 3.8) is 0 Å². The van der Waals surface area contributed by atoms with Gasteiger partial charge in [-0.05, 0) is 51.4 Å². The number of hydrogen-bond acceptors (Lipinski definition) is 8. The fourth-order valence-electron chi connectivity index (χ4n) is 7.05. The van der Waals surface area contributed by atoms with Crippen LogP contribution in [0.15, 0.2) is 36.5 Å². The van der Waals surface area contributed by atoms with Crippen molar-refractivity contribution in [1.82, 2.24) is 0 Å². The molecule has 0 fully saturated rings. The third-order valence-corrected chi connectivity index (χ3v) is 11.8. The predicted molar refractivity (Wildman–Crippen MR) is 252 cm³/mol. The third kappa shape index (κ3) is 45.7. The Bertz CT molecular complexity index is 1080. The fraction of sp³-hybridized carbons (Fsp3) is 0.840. The van der Waals surface area contributed by atoms with E-state index < -0.39 is 26.5 Å². The first kappa shape index (κ1) is 58.2. The van der Waals surface area contributed by atoms with Crippen molar-refractivity contribution in [1.29, 1.82) is 0 Å². The number of hydrogen-bond donors (Lipinski definition) is 2. The van der Waals surface area contributed by atoms with Gasteiger partial charge in [0.15, 0.2) is 6.10 Å². The Labute approximate surface area is 369 Å². The molecule has 0 aliphatic carbocycles. The topological polar surface area (TPSA) is 134 Å². The smallest absolute Gasteiger partial charge is 0.462 e. The highest BCUT2D eigenvalue weighted by Gasteiger charge is 2.26. The van der Waals surface area contributed by atoms with Crippen LogP contribution < -0.4 is 5.73 Å². The van der Waals surface area contributed by atoms with Crippen molar-refractivity contribution in [3.05, 3.63) is 36.5 Å². The van der Waals surface area contributed by atoms with Gasteiger partial charge < -0.3 is 20.1 Å². The number of esters is 2. The van der Waals surface area contributed by atoms with Crippen LogP contribution in [0.3, 0.4) is 0 Å². The molecule has 0 amide bonds. The predicted octanol–water partition coefficient (Wildman–Crippen LogP) is 14.9. The van der Waals surface area contributed by atoms with Crippen LogP contribution in [0, 0.1) is 0 Å². The summed E-state index contributed by atoms with van der Waals surface area (Å²) in [5, 5.41) is 0. The average molecular weight is 868 g/mol. The SMILES string of the molecule is CCCCC/C=C\C/C=C\C/C=C\CCCCCCCCC(=O)OC(COC(=O)CCCCCCCCCCCCCCCCCCCCCC)COP(=O)(O)OCCN. The summed E-state index contributed by atoms with van der Waals surface area (Å²) in [6, 6.07) is 0. The van der Waals surface area contributed by atoms with E-state index in [2.05, 4.69) is 50.3 Å². The highest BCUT2D eigenvalue weighted by Crippen LogP contribution is 2.43. The molecule has 0 aromatic carbocycles. The Kier molecular flexibility index (Phi) is 45.3. The molecule has 0 saturated heterocycles. The summed E-state index contributed by atoms with van der Waals surface area (Å²) in [5.41, 5.74) is 5.36. The van der Waals surface area contributed by atoms with Crippen LogP contribution in [0.1, 0.15) is 239 Å². The maximum absolute atomic E-state index is 12.6. The third-order valence-electron chi connectivity index (χ3n) is 10.8. The Morgan fingerprint density at radius 3 is 1.32 bits per heavy atom. The van der Waals surface area contributed by atoms with Crippen LogP contribution in [-0.4, -0.2) is 49.3 Å². The van der Waals surface area contributed by atoms with E-state index in [1.165, 1.54) is 135 Å². The van der Waals surface area contributed by atoms with Gasteiger partial charge >= 0.3 is 19.8 Å². The lowest BCUT2D eigenvalue weighted by atomic mass is 10.0. The molecule has 0 bridgehead atoms. The van der Waals surface area contributed by atoms with Gasteiger partial charge in [0.2, 0.25) is 0 Å². The molecule has 0 aromatic heterocycles. The van der Waals surface area contributed by atoms with Gasteiger partial charge in [0.05, 0.1) is 13.2 Å². The zero-order valence-electron chi connectivity index (χ0n) is 38.9. The van der Waals surface area contributed by atoms with Crippen molar-refractivity contribution >= 4 is 19.8 Å². The molecule has 3 N–H and O–H groups in total. The summed E-state index contributed by atoms with van der Waals surface area (Å²) in [4.78, 5) is 35.0. The van der Waals surface area contributed by atoms with Crippen molar-refractivity contribution in [3.8, 4) is 0 Å².